The van der Waals surface area contributed by atoms with Crippen LogP contribution in [0.1, 0.15) is 25.8 Å². The van der Waals surface area contributed by atoms with Gasteiger partial charge < -0.3 is 14.8 Å². The minimum atomic E-state index is 0.310. The SMILES string of the molecule is CCNC(Cc1ccccc1OC)C1OCCC1C. The quantitative estimate of drug-likeness (QED) is 0.856. The molecule has 3 atom stereocenters. The Morgan fingerprint density at radius 1 is 1.42 bits per heavy atom. The number of benzene rings is 1. The lowest BCUT2D eigenvalue weighted by Crippen LogP contribution is -2.43. The van der Waals surface area contributed by atoms with Crippen molar-refractivity contribution < 1.29 is 9.47 Å². The Balaban J connectivity index is 2.11. The zero-order chi connectivity index (χ0) is 13.7. The highest BCUT2D eigenvalue weighted by Crippen LogP contribution is 2.27. The van der Waals surface area contributed by atoms with Crippen LogP contribution < -0.4 is 10.1 Å². The molecule has 0 saturated carbocycles. The molecule has 2 rings (SSSR count). The number of hydrogen-bond donors (Lipinski definition) is 1. The second-order valence-corrected chi connectivity index (χ2v) is 5.28. The number of rotatable bonds is 6. The number of methoxy groups -OCH3 is 1. The molecule has 3 nitrogen and oxygen atoms in total. The van der Waals surface area contributed by atoms with Crippen LogP contribution in [0.25, 0.3) is 0 Å². The van der Waals surface area contributed by atoms with Crippen LogP contribution in [-0.4, -0.2) is 32.4 Å². The van der Waals surface area contributed by atoms with E-state index in [0.717, 1.165) is 25.3 Å². The summed E-state index contributed by atoms with van der Waals surface area (Å²) in [5.41, 5.74) is 1.25. The Hall–Kier alpha value is -1.06. The first-order chi connectivity index (χ1) is 9.26. The van der Waals surface area contributed by atoms with Crippen LogP contribution in [0, 0.1) is 5.92 Å². The lowest BCUT2D eigenvalue weighted by atomic mass is 9.92. The fourth-order valence-corrected chi connectivity index (χ4v) is 2.91. The van der Waals surface area contributed by atoms with Crippen LogP contribution in [0.5, 0.6) is 5.75 Å². The minimum Gasteiger partial charge on any atom is -0.496 e. The molecule has 106 valence electrons. The molecule has 0 amide bonds. The van der Waals surface area contributed by atoms with E-state index in [-0.39, 0.29) is 0 Å². The largest absolute Gasteiger partial charge is 0.496 e. The van der Waals surface area contributed by atoms with E-state index in [4.69, 9.17) is 9.47 Å². The van der Waals surface area contributed by atoms with E-state index >= 15 is 0 Å². The van der Waals surface area contributed by atoms with Crippen molar-refractivity contribution >= 4 is 0 Å². The molecule has 1 aromatic rings. The number of nitrogens with one attached hydrogen (secondary N) is 1. The van der Waals surface area contributed by atoms with Gasteiger partial charge in [0.1, 0.15) is 5.75 Å². The Kier molecular flexibility index (Phi) is 5.23. The van der Waals surface area contributed by atoms with Gasteiger partial charge in [0, 0.05) is 12.6 Å². The molecule has 1 fully saturated rings. The van der Waals surface area contributed by atoms with Gasteiger partial charge in [0.25, 0.3) is 0 Å². The minimum absolute atomic E-state index is 0.310. The number of hydrogen-bond acceptors (Lipinski definition) is 3. The molecule has 1 saturated heterocycles. The zero-order valence-corrected chi connectivity index (χ0v) is 12.2. The predicted molar refractivity (Wildman–Crippen MR) is 77.7 cm³/mol. The highest BCUT2D eigenvalue weighted by Gasteiger charge is 2.32. The van der Waals surface area contributed by atoms with Crippen molar-refractivity contribution in [2.45, 2.75) is 38.8 Å². The van der Waals surface area contributed by atoms with Crippen LogP contribution >= 0.6 is 0 Å². The van der Waals surface area contributed by atoms with Gasteiger partial charge in [0.15, 0.2) is 0 Å². The predicted octanol–water partition coefficient (Wildman–Crippen LogP) is 2.64. The van der Waals surface area contributed by atoms with Crippen LogP contribution in [0.4, 0.5) is 0 Å². The Morgan fingerprint density at radius 2 is 2.21 bits per heavy atom. The summed E-state index contributed by atoms with van der Waals surface area (Å²) in [6.07, 6.45) is 2.43. The standard InChI is InChI=1S/C16H25NO2/c1-4-17-14(16-12(2)9-10-19-16)11-13-7-5-6-8-15(13)18-3/h5-8,12,14,16-17H,4,9-11H2,1-3H3. The van der Waals surface area contributed by atoms with E-state index in [0.29, 0.717) is 18.1 Å². The number of para-hydroxylation sites is 1. The molecule has 0 bridgehead atoms. The van der Waals surface area contributed by atoms with Gasteiger partial charge in [-0.1, -0.05) is 32.0 Å². The van der Waals surface area contributed by atoms with E-state index in [2.05, 4.69) is 31.3 Å². The van der Waals surface area contributed by atoms with Gasteiger partial charge in [-0.05, 0) is 36.9 Å². The van der Waals surface area contributed by atoms with Crippen LogP contribution in [0.15, 0.2) is 24.3 Å². The molecular weight excluding hydrogens is 238 g/mol. The second kappa shape index (κ2) is 6.92. The summed E-state index contributed by atoms with van der Waals surface area (Å²) in [5.74, 6) is 1.59. The first-order valence-corrected chi connectivity index (χ1v) is 7.23. The molecule has 1 aliphatic rings. The maximum Gasteiger partial charge on any atom is 0.122 e. The maximum absolute atomic E-state index is 5.92. The lowest BCUT2D eigenvalue weighted by Gasteiger charge is -2.27. The maximum atomic E-state index is 5.92. The Morgan fingerprint density at radius 3 is 2.84 bits per heavy atom. The molecule has 1 aromatic carbocycles. The molecule has 1 N–H and O–H groups in total. The summed E-state index contributed by atoms with van der Waals surface area (Å²) in [6, 6.07) is 8.61. The average Bonchev–Trinajstić information content (AvgIpc) is 2.85. The van der Waals surface area contributed by atoms with Crippen molar-refractivity contribution in [3.8, 4) is 5.75 Å². The third-order valence-corrected chi connectivity index (χ3v) is 3.94. The van der Waals surface area contributed by atoms with E-state index in [1.807, 2.05) is 12.1 Å². The summed E-state index contributed by atoms with van der Waals surface area (Å²) < 4.78 is 11.4. The normalized spacial score (nSPS) is 24.4. The monoisotopic (exact) mass is 263 g/mol. The topological polar surface area (TPSA) is 30.5 Å². The van der Waals surface area contributed by atoms with Crippen molar-refractivity contribution in [2.75, 3.05) is 20.3 Å². The molecule has 3 heteroatoms. The molecule has 19 heavy (non-hydrogen) atoms. The summed E-state index contributed by atoms with van der Waals surface area (Å²) in [6.45, 7) is 6.28. The van der Waals surface area contributed by atoms with E-state index < -0.39 is 0 Å². The highest BCUT2D eigenvalue weighted by molar-refractivity contribution is 5.34. The van der Waals surface area contributed by atoms with E-state index in [1.165, 1.54) is 12.0 Å². The van der Waals surface area contributed by atoms with Crippen LogP contribution in [0.3, 0.4) is 0 Å². The first kappa shape index (κ1) is 14.4. The summed E-state index contributed by atoms with van der Waals surface area (Å²) in [5, 5.41) is 3.57. The van der Waals surface area contributed by atoms with Gasteiger partial charge in [-0.25, -0.2) is 0 Å². The molecular formula is C16H25NO2. The molecule has 3 unspecified atom stereocenters. The molecule has 0 aromatic heterocycles. The van der Waals surface area contributed by atoms with E-state index in [9.17, 15) is 0 Å². The molecule has 0 spiro atoms. The zero-order valence-electron chi connectivity index (χ0n) is 12.2. The van der Waals surface area contributed by atoms with Crippen LogP contribution in [0.2, 0.25) is 0 Å². The Labute approximate surface area is 116 Å². The smallest absolute Gasteiger partial charge is 0.122 e. The molecule has 0 radical (unpaired) electrons. The van der Waals surface area contributed by atoms with Crippen molar-refractivity contribution in [1.29, 1.82) is 0 Å². The van der Waals surface area contributed by atoms with Gasteiger partial charge in [-0.3, -0.25) is 0 Å². The molecule has 1 heterocycles. The highest BCUT2D eigenvalue weighted by atomic mass is 16.5. The van der Waals surface area contributed by atoms with Crippen molar-refractivity contribution in [1.82, 2.24) is 5.32 Å². The van der Waals surface area contributed by atoms with Gasteiger partial charge in [-0.2, -0.15) is 0 Å². The average molecular weight is 263 g/mol. The van der Waals surface area contributed by atoms with Gasteiger partial charge in [0.05, 0.1) is 13.2 Å². The van der Waals surface area contributed by atoms with Gasteiger partial charge >= 0.3 is 0 Å². The molecule has 0 aliphatic carbocycles. The molecule has 1 aliphatic heterocycles. The van der Waals surface area contributed by atoms with Gasteiger partial charge in [0.2, 0.25) is 0 Å². The lowest BCUT2D eigenvalue weighted by molar-refractivity contribution is 0.0613. The number of ether oxygens (including phenoxy) is 2. The van der Waals surface area contributed by atoms with E-state index in [1.54, 1.807) is 7.11 Å². The third-order valence-electron chi connectivity index (χ3n) is 3.94. The van der Waals surface area contributed by atoms with Gasteiger partial charge in [-0.15, -0.1) is 0 Å². The third kappa shape index (κ3) is 3.48. The summed E-state index contributed by atoms with van der Waals surface area (Å²) in [7, 11) is 1.73. The van der Waals surface area contributed by atoms with Crippen LogP contribution in [-0.2, 0) is 11.2 Å². The fraction of sp³-hybridized carbons (Fsp3) is 0.625. The van der Waals surface area contributed by atoms with Crippen molar-refractivity contribution in [2.24, 2.45) is 5.92 Å². The summed E-state index contributed by atoms with van der Waals surface area (Å²) in [4.78, 5) is 0. The Bertz CT molecular complexity index is 394. The first-order valence-electron chi connectivity index (χ1n) is 7.23. The van der Waals surface area contributed by atoms with Crippen molar-refractivity contribution in [3.05, 3.63) is 29.8 Å². The number of likely N-dealkylation sites (N-methyl/N-ethyl adjacent to an activating group) is 1. The second-order valence-electron chi connectivity index (χ2n) is 5.28. The fourth-order valence-electron chi connectivity index (χ4n) is 2.91. The van der Waals surface area contributed by atoms with Crippen molar-refractivity contribution in [3.63, 3.8) is 0 Å². The summed E-state index contributed by atoms with van der Waals surface area (Å²) >= 11 is 0.